The van der Waals surface area contributed by atoms with E-state index in [1.807, 2.05) is 31.2 Å². The van der Waals surface area contributed by atoms with E-state index in [4.69, 9.17) is 5.73 Å². The quantitative estimate of drug-likeness (QED) is 0.801. The molecule has 2 unspecified atom stereocenters. The zero-order valence-electron chi connectivity index (χ0n) is 14.5. The Morgan fingerprint density at radius 2 is 2.04 bits per heavy atom. The topological polar surface area (TPSA) is 96.7 Å². The number of nitrogens with two attached hydrogens (primary N) is 1. The van der Waals surface area contributed by atoms with Gasteiger partial charge >= 0.3 is 0 Å². The molecule has 6 nitrogen and oxygen atoms in total. The van der Waals surface area contributed by atoms with Crippen molar-refractivity contribution in [3.63, 3.8) is 0 Å². The van der Waals surface area contributed by atoms with Gasteiger partial charge in [0.2, 0.25) is 5.91 Å². The van der Waals surface area contributed by atoms with Crippen molar-refractivity contribution in [3.05, 3.63) is 30.1 Å². The molecule has 2 atom stereocenters. The van der Waals surface area contributed by atoms with Crippen molar-refractivity contribution in [1.82, 2.24) is 15.2 Å². The van der Waals surface area contributed by atoms with E-state index in [1.54, 1.807) is 0 Å². The van der Waals surface area contributed by atoms with Crippen molar-refractivity contribution in [2.75, 3.05) is 5.32 Å². The second-order valence-electron chi connectivity index (χ2n) is 7.51. The predicted molar refractivity (Wildman–Crippen MR) is 96.7 cm³/mol. The Kier molecular flexibility index (Phi) is 4.29. The summed E-state index contributed by atoms with van der Waals surface area (Å²) >= 11 is 0. The van der Waals surface area contributed by atoms with E-state index in [9.17, 15) is 4.79 Å². The van der Waals surface area contributed by atoms with Crippen molar-refractivity contribution < 1.29 is 4.79 Å². The molecule has 1 aromatic carbocycles. The maximum atomic E-state index is 12.8. The Balaban J connectivity index is 1.46. The molecule has 0 aliphatic heterocycles. The van der Waals surface area contributed by atoms with E-state index in [-0.39, 0.29) is 17.9 Å². The second kappa shape index (κ2) is 6.59. The van der Waals surface area contributed by atoms with Gasteiger partial charge in [0.05, 0.1) is 0 Å². The first-order valence-electron chi connectivity index (χ1n) is 9.16. The van der Waals surface area contributed by atoms with Crippen LogP contribution in [0.1, 0.15) is 37.9 Å². The minimum atomic E-state index is 0.0736. The number of aryl methyl sites for hydroxylation is 1. The molecular weight excluding hydrogens is 314 g/mol. The van der Waals surface area contributed by atoms with E-state index in [0.29, 0.717) is 17.7 Å². The van der Waals surface area contributed by atoms with Crippen LogP contribution in [0.3, 0.4) is 0 Å². The predicted octanol–water partition coefficient (Wildman–Crippen LogP) is 2.87. The molecule has 1 amide bonds. The van der Waals surface area contributed by atoms with Crippen molar-refractivity contribution in [2.45, 2.75) is 45.1 Å². The van der Waals surface area contributed by atoms with Gasteiger partial charge in [-0.1, -0.05) is 18.6 Å². The molecule has 4 N–H and O–H groups in total. The lowest BCUT2D eigenvalue weighted by atomic mass is 9.65. The number of hydrogen-bond acceptors (Lipinski definition) is 4. The molecule has 2 bridgehead atoms. The fourth-order valence-corrected chi connectivity index (χ4v) is 4.46. The Bertz CT molecular complexity index is 757. The molecule has 0 radical (unpaired) electrons. The van der Waals surface area contributed by atoms with Crippen molar-refractivity contribution in [3.8, 4) is 11.4 Å². The average Bonchev–Trinajstić information content (AvgIpc) is 3.01. The number of anilines is 1. The number of aromatic nitrogens is 3. The Morgan fingerprint density at radius 1 is 1.28 bits per heavy atom. The van der Waals surface area contributed by atoms with Gasteiger partial charge in [0.1, 0.15) is 5.82 Å². The molecule has 6 heteroatoms. The molecule has 2 aliphatic carbocycles. The average molecular weight is 339 g/mol. The third-order valence-corrected chi connectivity index (χ3v) is 5.77. The smallest absolute Gasteiger partial charge is 0.227 e. The second-order valence-corrected chi connectivity index (χ2v) is 7.51. The number of aromatic amines is 1. The number of fused-ring (bicyclic) bond motifs is 2. The summed E-state index contributed by atoms with van der Waals surface area (Å²) in [6.45, 7) is 1.87. The highest BCUT2D eigenvalue weighted by Crippen LogP contribution is 2.42. The molecule has 2 aliphatic rings. The summed E-state index contributed by atoms with van der Waals surface area (Å²) in [5.41, 5.74) is 8.03. The van der Waals surface area contributed by atoms with Gasteiger partial charge in [-0.05, 0) is 56.6 Å². The highest BCUT2D eigenvalue weighted by Gasteiger charge is 2.40. The number of nitrogens with one attached hydrogen (secondary N) is 2. The SMILES string of the molecule is Cc1nc(-c2cccc(NC(=O)C3CC4CCCC(C3)C4N)c2)n[nH]1. The lowest BCUT2D eigenvalue weighted by Gasteiger charge is -2.43. The third kappa shape index (κ3) is 3.31. The summed E-state index contributed by atoms with van der Waals surface area (Å²) in [5.74, 6) is 2.62. The zero-order valence-corrected chi connectivity index (χ0v) is 14.5. The van der Waals surface area contributed by atoms with Crippen LogP contribution in [0, 0.1) is 24.7 Å². The van der Waals surface area contributed by atoms with E-state index < -0.39 is 0 Å². The van der Waals surface area contributed by atoms with Crippen molar-refractivity contribution in [2.24, 2.45) is 23.5 Å². The first-order valence-corrected chi connectivity index (χ1v) is 9.16. The van der Waals surface area contributed by atoms with Crippen molar-refractivity contribution in [1.29, 1.82) is 0 Å². The highest BCUT2D eigenvalue weighted by molar-refractivity contribution is 5.93. The number of H-pyrrole nitrogens is 1. The number of rotatable bonds is 3. The Hall–Kier alpha value is -2.21. The third-order valence-electron chi connectivity index (χ3n) is 5.77. The first kappa shape index (κ1) is 16.3. The molecule has 0 saturated heterocycles. The molecular formula is C19H25N5O. The summed E-state index contributed by atoms with van der Waals surface area (Å²) < 4.78 is 0. The fraction of sp³-hybridized carbons (Fsp3) is 0.526. The van der Waals surface area contributed by atoms with Crippen LogP contribution in [0.5, 0.6) is 0 Å². The van der Waals surface area contributed by atoms with Crippen molar-refractivity contribution >= 4 is 11.6 Å². The van der Waals surface area contributed by atoms with E-state index in [2.05, 4.69) is 20.5 Å². The lowest BCUT2D eigenvalue weighted by molar-refractivity contribution is -0.122. The monoisotopic (exact) mass is 339 g/mol. The van der Waals surface area contributed by atoms with Crippen LogP contribution in [0.15, 0.2) is 24.3 Å². The van der Waals surface area contributed by atoms with Gasteiger partial charge in [0, 0.05) is 23.2 Å². The molecule has 25 heavy (non-hydrogen) atoms. The number of carbonyl (C=O) groups is 1. The van der Waals surface area contributed by atoms with Crippen LogP contribution in [0.2, 0.25) is 0 Å². The summed E-state index contributed by atoms with van der Waals surface area (Å²) in [5, 5.41) is 10.1. The number of benzene rings is 1. The largest absolute Gasteiger partial charge is 0.327 e. The zero-order chi connectivity index (χ0) is 17.4. The van der Waals surface area contributed by atoms with Crippen LogP contribution in [-0.2, 0) is 4.79 Å². The van der Waals surface area contributed by atoms with Gasteiger partial charge in [0.25, 0.3) is 0 Å². The van der Waals surface area contributed by atoms with Gasteiger partial charge in [-0.15, -0.1) is 0 Å². The first-order chi connectivity index (χ1) is 12.1. The summed E-state index contributed by atoms with van der Waals surface area (Å²) in [6, 6.07) is 7.99. The Morgan fingerprint density at radius 3 is 2.72 bits per heavy atom. The van der Waals surface area contributed by atoms with Crippen LogP contribution in [0.25, 0.3) is 11.4 Å². The van der Waals surface area contributed by atoms with E-state index >= 15 is 0 Å². The van der Waals surface area contributed by atoms with E-state index in [0.717, 1.165) is 29.9 Å². The van der Waals surface area contributed by atoms with Gasteiger partial charge in [-0.25, -0.2) is 4.98 Å². The van der Waals surface area contributed by atoms with Crippen LogP contribution in [0.4, 0.5) is 5.69 Å². The molecule has 0 spiro atoms. The molecule has 1 aromatic heterocycles. The summed E-state index contributed by atoms with van der Waals surface area (Å²) in [4.78, 5) is 17.1. The van der Waals surface area contributed by atoms with Gasteiger partial charge in [-0.2, -0.15) is 5.10 Å². The number of amides is 1. The molecule has 4 rings (SSSR count). The molecule has 1 heterocycles. The van der Waals surface area contributed by atoms with Gasteiger partial charge in [0.15, 0.2) is 5.82 Å². The van der Waals surface area contributed by atoms with E-state index in [1.165, 1.54) is 19.3 Å². The van der Waals surface area contributed by atoms with Crippen LogP contribution < -0.4 is 11.1 Å². The van der Waals surface area contributed by atoms with Gasteiger partial charge < -0.3 is 11.1 Å². The molecule has 2 aromatic rings. The number of nitrogens with zero attached hydrogens (tertiary/aromatic N) is 2. The number of carbonyl (C=O) groups excluding carboxylic acids is 1. The molecule has 2 saturated carbocycles. The van der Waals surface area contributed by atoms with Crippen LogP contribution in [-0.4, -0.2) is 27.1 Å². The normalized spacial score (nSPS) is 28.6. The lowest BCUT2D eigenvalue weighted by Crippen LogP contribution is -2.48. The molecule has 2 fully saturated rings. The maximum absolute atomic E-state index is 12.8. The Labute approximate surface area is 147 Å². The standard InChI is InChI=1S/C19H25N5O/c1-11-21-18(24-23-11)14-6-3-7-16(10-14)22-19(25)15-8-12-4-2-5-13(9-15)17(12)20/h3,6-7,10,12-13,15,17H,2,4-5,8-9,20H2,1H3,(H,22,25)(H,21,23,24). The molecule has 132 valence electrons. The summed E-state index contributed by atoms with van der Waals surface area (Å²) in [7, 11) is 0. The minimum Gasteiger partial charge on any atom is -0.327 e. The maximum Gasteiger partial charge on any atom is 0.227 e. The summed E-state index contributed by atoms with van der Waals surface area (Å²) in [6.07, 6.45) is 5.43. The number of hydrogen-bond donors (Lipinski definition) is 3. The fourth-order valence-electron chi connectivity index (χ4n) is 4.46. The minimum absolute atomic E-state index is 0.0736. The van der Waals surface area contributed by atoms with Gasteiger partial charge in [-0.3, -0.25) is 9.89 Å². The highest BCUT2D eigenvalue weighted by atomic mass is 16.1. The van der Waals surface area contributed by atoms with Crippen LogP contribution >= 0.6 is 0 Å².